The fraction of sp³-hybridized carbons (Fsp3) is 0.227. The van der Waals surface area contributed by atoms with Gasteiger partial charge in [-0.2, -0.15) is 5.11 Å². The van der Waals surface area contributed by atoms with E-state index >= 15 is 0 Å². The molecule has 0 saturated heterocycles. The lowest BCUT2D eigenvalue weighted by Gasteiger charge is -2.01. The van der Waals surface area contributed by atoms with Crippen LogP contribution in [-0.4, -0.2) is 15.9 Å². The van der Waals surface area contributed by atoms with E-state index in [1.54, 1.807) is 24.3 Å². The first-order chi connectivity index (χ1) is 14.6. The molecule has 30 heavy (non-hydrogen) atoms. The van der Waals surface area contributed by atoms with Gasteiger partial charge in [0.15, 0.2) is 0 Å². The van der Waals surface area contributed by atoms with Crippen molar-refractivity contribution in [1.29, 1.82) is 0 Å². The molecule has 3 rings (SSSR count). The normalized spacial score (nSPS) is 11.3. The molecule has 152 valence electrons. The number of benzene rings is 2. The molecule has 0 spiro atoms. The number of unbranched alkanes of at least 4 members (excludes halogenated alkanes) is 1. The zero-order chi connectivity index (χ0) is 21.2. The number of rotatable bonds is 8. The Hall–Kier alpha value is -3.81. The largest absolute Gasteiger partial charge is 0.326 e. The molecule has 1 aromatic heterocycles. The summed E-state index contributed by atoms with van der Waals surface area (Å²) < 4.78 is 0. The molecule has 3 aromatic rings. The van der Waals surface area contributed by atoms with Gasteiger partial charge in [-0.3, -0.25) is 4.79 Å². The van der Waals surface area contributed by atoms with Crippen LogP contribution in [0.15, 0.2) is 81.4 Å². The van der Waals surface area contributed by atoms with Crippen molar-refractivity contribution in [1.82, 2.24) is 9.97 Å². The third-order valence-electron chi connectivity index (χ3n) is 4.10. The molecule has 8 nitrogen and oxygen atoms in total. The lowest BCUT2D eigenvalue weighted by atomic mass is 10.1. The number of azo groups is 2. The van der Waals surface area contributed by atoms with Gasteiger partial charge in [-0.1, -0.05) is 25.5 Å². The molecule has 1 heterocycles. The first-order valence-electron chi connectivity index (χ1n) is 9.74. The second-order valence-corrected chi connectivity index (χ2v) is 6.64. The number of hydrogen-bond acceptors (Lipinski definition) is 7. The van der Waals surface area contributed by atoms with Gasteiger partial charge in [-0.25, -0.2) is 9.97 Å². The molecular weight excluding hydrogens is 378 g/mol. The fourth-order valence-electron chi connectivity index (χ4n) is 2.56. The van der Waals surface area contributed by atoms with E-state index in [0.717, 1.165) is 12.1 Å². The van der Waals surface area contributed by atoms with Crippen LogP contribution in [0.1, 0.15) is 32.3 Å². The number of hydrogen-bond donors (Lipinski definition) is 1. The minimum Gasteiger partial charge on any atom is -0.326 e. The predicted octanol–water partition coefficient (Wildman–Crippen LogP) is 6.61. The molecule has 0 saturated carbocycles. The second-order valence-electron chi connectivity index (χ2n) is 6.64. The zero-order valence-electron chi connectivity index (χ0n) is 17.0. The number of nitrogens with zero attached hydrogens (tertiary/aromatic N) is 6. The summed E-state index contributed by atoms with van der Waals surface area (Å²) in [6.45, 7) is 3.64. The van der Waals surface area contributed by atoms with E-state index in [1.807, 2.05) is 12.1 Å². The number of aromatic nitrogens is 2. The standard InChI is InChI=1S/C22H23N7O/c1-3-4-5-17-6-8-19(9-7-17)27-29-22-23-14-21(15-24-22)28-26-20-12-10-18(11-13-20)25-16(2)30/h6-15H,3-5H2,1-2H3,(H,25,30). The van der Waals surface area contributed by atoms with E-state index in [4.69, 9.17) is 0 Å². The second kappa shape index (κ2) is 10.7. The van der Waals surface area contributed by atoms with Crippen LogP contribution >= 0.6 is 0 Å². The van der Waals surface area contributed by atoms with Crippen molar-refractivity contribution in [3.05, 3.63) is 66.5 Å². The number of aryl methyl sites for hydroxylation is 1. The van der Waals surface area contributed by atoms with E-state index < -0.39 is 0 Å². The van der Waals surface area contributed by atoms with Crippen LogP contribution in [0.4, 0.5) is 28.7 Å². The number of carbonyl (C=O) groups excluding carboxylic acids is 1. The fourth-order valence-corrected chi connectivity index (χ4v) is 2.56. The van der Waals surface area contributed by atoms with Gasteiger partial charge >= 0.3 is 0 Å². The highest BCUT2D eigenvalue weighted by atomic mass is 16.1. The Kier molecular flexibility index (Phi) is 7.43. The van der Waals surface area contributed by atoms with Crippen LogP contribution in [-0.2, 0) is 11.2 Å². The van der Waals surface area contributed by atoms with Crippen molar-refractivity contribution in [3.63, 3.8) is 0 Å². The summed E-state index contributed by atoms with van der Waals surface area (Å²) in [6, 6.07) is 15.0. The van der Waals surface area contributed by atoms with E-state index in [2.05, 4.69) is 54.8 Å². The Balaban J connectivity index is 1.57. The van der Waals surface area contributed by atoms with Gasteiger partial charge in [-0.15, -0.1) is 15.3 Å². The van der Waals surface area contributed by atoms with Gasteiger partial charge < -0.3 is 5.32 Å². The molecule has 0 aliphatic heterocycles. The zero-order valence-corrected chi connectivity index (χ0v) is 17.0. The Morgan fingerprint density at radius 1 is 0.833 bits per heavy atom. The van der Waals surface area contributed by atoms with Crippen molar-refractivity contribution in [2.45, 2.75) is 33.1 Å². The predicted molar refractivity (Wildman–Crippen MR) is 116 cm³/mol. The summed E-state index contributed by atoms with van der Waals surface area (Å²) in [5.74, 6) is 0.131. The number of amides is 1. The average molecular weight is 401 g/mol. The molecule has 0 fully saturated rings. The maximum Gasteiger partial charge on any atom is 0.268 e. The van der Waals surface area contributed by atoms with Crippen LogP contribution in [0, 0.1) is 0 Å². The third-order valence-corrected chi connectivity index (χ3v) is 4.10. The van der Waals surface area contributed by atoms with Crippen LogP contribution in [0.25, 0.3) is 0 Å². The number of carbonyl (C=O) groups is 1. The smallest absolute Gasteiger partial charge is 0.268 e. The maximum absolute atomic E-state index is 11.0. The molecule has 0 aliphatic rings. The van der Waals surface area contributed by atoms with Crippen LogP contribution in [0.5, 0.6) is 0 Å². The highest BCUT2D eigenvalue weighted by Gasteiger charge is 1.98. The summed E-state index contributed by atoms with van der Waals surface area (Å²) in [5, 5.41) is 19.1. The SMILES string of the molecule is CCCCc1ccc(N=Nc2ncc(N=Nc3ccc(NC(C)=O)cc3)cn2)cc1. The van der Waals surface area contributed by atoms with Crippen LogP contribution in [0.3, 0.4) is 0 Å². The van der Waals surface area contributed by atoms with Crippen molar-refractivity contribution in [2.24, 2.45) is 20.5 Å². The molecule has 2 aromatic carbocycles. The summed E-state index contributed by atoms with van der Waals surface area (Å²) in [7, 11) is 0. The van der Waals surface area contributed by atoms with Crippen molar-refractivity contribution >= 4 is 34.6 Å². The van der Waals surface area contributed by atoms with Crippen LogP contribution < -0.4 is 5.32 Å². The minimum absolute atomic E-state index is 0.122. The summed E-state index contributed by atoms with van der Waals surface area (Å²) >= 11 is 0. The number of nitrogens with one attached hydrogen (secondary N) is 1. The molecule has 0 aliphatic carbocycles. The lowest BCUT2D eigenvalue weighted by molar-refractivity contribution is -0.114. The minimum atomic E-state index is -0.122. The first kappa shape index (κ1) is 20.9. The average Bonchev–Trinajstić information content (AvgIpc) is 2.77. The summed E-state index contributed by atoms with van der Waals surface area (Å²) in [5.41, 5.74) is 3.90. The van der Waals surface area contributed by atoms with Gasteiger partial charge in [0.25, 0.3) is 5.95 Å². The molecule has 0 radical (unpaired) electrons. The van der Waals surface area contributed by atoms with Gasteiger partial charge in [0.05, 0.1) is 23.8 Å². The van der Waals surface area contributed by atoms with Gasteiger partial charge in [0.2, 0.25) is 5.91 Å². The molecular formula is C22H23N7O. The van der Waals surface area contributed by atoms with E-state index in [1.165, 1.54) is 37.7 Å². The Morgan fingerprint density at radius 2 is 1.40 bits per heavy atom. The van der Waals surface area contributed by atoms with E-state index in [0.29, 0.717) is 17.1 Å². The molecule has 0 bridgehead atoms. The molecule has 8 heteroatoms. The molecule has 0 unspecified atom stereocenters. The highest BCUT2D eigenvalue weighted by molar-refractivity contribution is 5.88. The van der Waals surface area contributed by atoms with E-state index in [-0.39, 0.29) is 11.9 Å². The van der Waals surface area contributed by atoms with Crippen LogP contribution in [0.2, 0.25) is 0 Å². The molecule has 0 atom stereocenters. The van der Waals surface area contributed by atoms with E-state index in [9.17, 15) is 4.79 Å². The molecule has 1 amide bonds. The Labute approximate surface area is 175 Å². The van der Waals surface area contributed by atoms with Crippen molar-refractivity contribution in [2.75, 3.05) is 5.32 Å². The summed E-state index contributed by atoms with van der Waals surface area (Å²) in [6.07, 6.45) is 6.50. The van der Waals surface area contributed by atoms with Gasteiger partial charge in [0.1, 0.15) is 5.69 Å². The van der Waals surface area contributed by atoms with Gasteiger partial charge in [0, 0.05) is 12.6 Å². The quantitative estimate of drug-likeness (QED) is 0.429. The first-order valence-corrected chi connectivity index (χ1v) is 9.74. The maximum atomic E-state index is 11.0. The topological polar surface area (TPSA) is 104 Å². The van der Waals surface area contributed by atoms with Crippen molar-refractivity contribution in [3.8, 4) is 0 Å². The molecule has 1 N–H and O–H groups in total. The lowest BCUT2D eigenvalue weighted by Crippen LogP contribution is -2.04. The highest BCUT2D eigenvalue weighted by Crippen LogP contribution is 2.21. The Bertz CT molecular complexity index is 1010. The Morgan fingerprint density at radius 3 is 2.00 bits per heavy atom. The summed E-state index contributed by atoms with van der Waals surface area (Å²) in [4.78, 5) is 19.3. The number of anilines is 1. The van der Waals surface area contributed by atoms with Crippen molar-refractivity contribution < 1.29 is 4.79 Å². The monoisotopic (exact) mass is 401 g/mol. The van der Waals surface area contributed by atoms with Gasteiger partial charge in [-0.05, 0) is 54.8 Å². The third kappa shape index (κ3) is 6.66.